The lowest BCUT2D eigenvalue weighted by Gasteiger charge is -2.55. The van der Waals surface area contributed by atoms with Gasteiger partial charge in [0.15, 0.2) is 0 Å². The number of ketones is 1. The van der Waals surface area contributed by atoms with Crippen molar-refractivity contribution in [3.63, 3.8) is 0 Å². The van der Waals surface area contributed by atoms with Gasteiger partial charge in [-0.2, -0.15) is 13.2 Å². The van der Waals surface area contributed by atoms with Crippen LogP contribution in [0, 0.1) is 28.6 Å². The number of thiazole rings is 1. The molecule has 0 bridgehead atoms. The van der Waals surface area contributed by atoms with Crippen LogP contribution in [0.1, 0.15) is 68.5 Å². The first-order valence-electron chi connectivity index (χ1n) is 14.1. The molecule has 0 saturated heterocycles. The van der Waals surface area contributed by atoms with Gasteiger partial charge in [-0.1, -0.05) is 32.1 Å². The minimum Gasteiger partial charge on any atom is -0.439 e. The molecule has 4 aliphatic rings. The summed E-state index contributed by atoms with van der Waals surface area (Å²) < 4.78 is 44.4. The molecule has 0 spiro atoms. The van der Waals surface area contributed by atoms with Crippen molar-refractivity contribution in [3.05, 3.63) is 64.8 Å². The number of ether oxygens (including phenoxy) is 1. The summed E-state index contributed by atoms with van der Waals surface area (Å²) in [6.07, 6.45) is 5.80. The molecule has 0 amide bonds. The molecule has 0 unspecified atom stereocenters. The van der Waals surface area contributed by atoms with E-state index in [1.165, 1.54) is 16.5 Å². The largest absolute Gasteiger partial charge is 0.439 e. The maximum atomic E-state index is 12.9. The number of hydrogen-bond acceptors (Lipinski definition) is 5. The van der Waals surface area contributed by atoms with Crippen LogP contribution in [0.3, 0.4) is 0 Å². The molecule has 1 aromatic carbocycles. The van der Waals surface area contributed by atoms with Gasteiger partial charge in [0, 0.05) is 29.7 Å². The monoisotopic (exact) mass is 564 g/mol. The van der Waals surface area contributed by atoms with Crippen molar-refractivity contribution in [1.29, 1.82) is 0 Å². The van der Waals surface area contributed by atoms with Crippen LogP contribution in [0.5, 0.6) is 11.6 Å². The Hall–Kier alpha value is -3.00. The number of Topliss-reactive ketones (excluding diaryl/α,β-unsaturated/α-hetero) is 1. The summed E-state index contributed by atoms with van der Waals surface area (Å²) in [4.78, 5) is 22.9. The highest BCUT2D eigenvalue weighted by atomic mass is 32.1. The summed E-state index contributed by atoms with van der Waals surface area (Å²) in [5.41, 5.74) is 2.67. The second-order valence-corrected chi connectivity index (χ2v) is 13.4. The first-order chi connectivity index (χ1) is 19.1. The van der Waals surface area contributed by atoms with Crippen LogP contribution in [0.15, 0.2) is 48.7 Å². The summed E-state index contributed by atoms with van der Waals surface area (Å²) in [6.45, 7) is 4.67. The van der Waals surface area contributed by atoms with E-state index in [0.29, 0.717) is 29.3 Å². The van der Waals surface area contributed by atoms with Crippen LogP contribution in [0.4, 0.5) is 13.2 Å². The smallest absolute Gasteiger partial charge is 0.417 e. The van der Waals surface area contributed by atoms with Crippen molar-refractivity contribution in [2.45, 2.75) is 65.0 Å². The predicted molar refractivity (Wildman–Crippen MR) is 148 cm³/mol. The lowest BCUT2D eigenvalue weighted by Crippen LogP contribution is -2.49. The molecule has 2 heterocycles. The average molecular weight is 565 g/mol. The van der Waals surface area contributed by atoms with Crippen LogP contribution in [0.2, 0.25) is 0 Å². The third-order valence-corrected chi connectivity index (χ3v) is 11.5. The van der Waals surface area contributed by atoms with Gasteiger partial charge in [0.05, 0.1) is 16.1 Å². The fourth-order valence-corrected chi connectivity index (χ4v) is 9.48. The normalized spacial score (nSPS) is 31.1. The number of rotatable bonds is 3. The fourth-order valence-electron chi connectivity index (χ4n) is 8.19. The highest BCUT2D eigenvalue weighted by Crippen LogP contribution is 2.65. The molecule has 2 aromatic heterocycles. The fraction of sp³-hybridized carbons (Fsp3) is 0.469. The van der Waals surface area contributed by atoms with Gasteiger partial charge in [0.2, 0.25) is 5.88 Å². The Bertz CT molecular complexity index is 1530. The van der Waals surface area contributed by atoms with E-state index < -0.39 is 11.7 Å². The molecule has 4 aliphatic carbocycles. The predicted octanol–water partition coefficient (Wildman–Crippen LogP) is 8.77. The molecule has 2 fully saturated rings. The van der Waals surface area contributed by atoms with Crippen molar-refractivity contribution >= 4 is 22.7 Å². The minimum atomic E-state index is -4.44. The summed E-state index contributed by atoms with van der Waals surface area (Å²) in [5.74, 6) is 2.78. The number of hydrogen-bond donors (Lipinski definition) is 0. The average Bonchev–Trinajstić information content (AvgIpc) is 3.49. The van der Waals surface area contributed by atoms with Crippen molar-refractivity contribution in [2.75, 3.05) is 0 Å². The maximum Gasteiger partial charge on any atom is 0.417 e. The topological polar surface area (TPSA) is 52.1 Å². The standard InChI is InChI=1S/C32H31F3N2O2S/c1-30-15-13-25-28(24(30)8-7-21-22-9-10-26(38)31(22,2)14-12-23(21)30)40-29(37-25)18-4-3-5-20(16-18)39-27-11-6-19(17-36-27)32(33,34)35/h3-6,8,11,16-17,21-23H,7,9-10,12-15H2,1-2H3/t21-,22-,23-,30+,31-/m0/s1. The van der Waals surface area contributed by atoms with Gasteiger partial charge in [-0.25, -0.2) is 9.97 Å². The molecule has 40 heavy (non-hydrogen) atoms. The third-order valence-electron chi connectivity index (χ3n) is 10.4. The zero-order valence-corrected chi connectivity index (χ0v) is 23.4. The number of nitrogens with zero attached hydrogens (tertiary/aromatic N) is 2. The SMILES string of the molecule is C[C@]12CCc3nc(-c4cccc(Oc5ccc(C(F)(F)F)cn5)c4)sc3C1=CC[C@@H]1[C@@H]2CC[C@]2(C)C(=O)CC[C@@H]12. The first-order valence-corrected chi connectivity index (χ1v) is 14.9. The number of benzene rings is 1. The lowest BCUT2D eigenvalue weighted by molar-refractivity contribution is -0.137. The number of pyridine rings is 1. The van der Waals surface area contributed by atoms with Gasteiger partial charge in [-0.3, -0.25) is 4.79 Å². The zero-order chi connectivity index (χ0) is 27.9. The lowest BCUT2D eigenvalue weighted by atomic mass is 9.48. The summed E-state index contributed by atoms with van der Waals surface area (Å²) in [6, 6.07) is 9.69. The minimum absolute atomic E-state index is 0.103. The molecule has 8 heteroatoms. The second kappa shape index (κ2) is 9.00. The van der Waals surface area contributed by atoms with E-state index in [0.717, 1.165) is 73.5 Å². The van der Waals surface area contributed by atoms with Gasteiger partial charge < -0.3 is 4.74 Å². The summed E-state index contributed by atoms with van der Waals surface area (Å²) >= 11 is 1.72. The Labute approximate surface area is 235 Å². The van der Waals surface area contributed by atoms with Crippen molar-refractivity contribution in [3.8, 4) is 22.2 Å². The molecule has 2 saturated carbocycles. The zero-order valence-electron chi connectivity index (χ0n) is 22.6. The number of aromatic nitrogens is 2. The molecule has 4 nitrogen and oxygen atoms in total. The van der Waals surface area contributed by atoms with Gasteiger partial charge in [-0.05, 0) is 85.5 Å². The maximum absolute atomic E-state index is 12.9. The van der Waals surface area contributed by atoms with E-state index in [-0.39, 0.29) is 16.7 Å². The number of alkyl halides is 3. The highest BCUT2D eigenvalue weighted by Gasteiger charge is 2.58. The van der Waals surface area contributed by atoms with Crippen LogP contribution >= 0.6 is 11.3 Å². The van der Waals surface area contributed by atoms with E-state index in [4.69, 9.17) is 9.72 Å². The van der Waals surface area contributed by atoms with Gasteiger partial charge in [-0.15, -0.1) is 11.3 Å². The van der Waals surface area contributed by atoms with Crippen molar-refractivity contribution in [2.24, 2.45) is 28.6 Å². The van der Waals surface area contributed by atoms with E-state index in [9.17, 15) is 18.0 Å². The van der Waals surface area contributed by atoms with Crippen LogP contribution < -0.4 is 4.74 Å². The highest BCUT2D eigenvalue weighted by molar-refractivity contribution is 7.16. The molecule has 7 rings (SSSR count). The van der Waals surface area contributed by atoms with Crippen LogP contribution in [-0.2, 0) is 17.4 Å². The molecule has 208 valence electrons. The van der Waals surface area contributed by atoms with Gasteiger partial charge in [0.1, 0.15) is 16.5 Å². The molecule has 5 atom stereocenters. The third kappa shape index (κ3) is 3.97. The summed E-state index contributed by atoms with van der Waals surface area (Å²) in [7, 11) is 0. The van der Waals surface area contributed by atoms with Crippen molar-refractivity contribution in [1.82, 2.24) is 9.97 Å². The number of carbonyl (C=O) groups excluding carboxylic acids is 1. The molecular formula is C32H31F3N2O2S. The second-order valence-electron chi connectivity index (χ2n) is 12.4. The van der Waals surface area contributed by atoms with Gasteiger partial charge in [0.25, 0.3) is 0 Å². The quantitative estimate of drug-likeness (QED) is 0.319. The van der Waals surface area contributed by atoms with Crippen LogP contribution in [-0.4, -0.2) is 15.8 Å². The van der Waals surface area contributed by atoms with E-state index in [2.05, 4.69) is 24.9 Å². The first kappa shape index (κ1) is 25.9. The number of halogens is 3. The Kier molecular flexibility index (Phi) is 5.84. The Balaban J connectivity index is 1.16. The summed E-state index contributed by atoms with van der Waals surface area (Å²) in [5, 5.41) is 0.917. The Morgan fingerprint density at radius 1 is 1.02 bits per heavy atom. The van der Waals surface area contributed by atoms with E-state index in [1.807, 2.05) is 18.2 Å². The molecule has 0 aliphatic heterocycles. The number of fused-ring (bicyclic) bond motifs is 7. The molecule has 3 aromatic rings. The van der Waals surface area contributed by atoms with E-state index in [1.54, 1.807) is 17.4 Å². The Morgan fingerprint density at radius 2 is 1.85 bits per heavy atom. The number of allylic oxidation sites excluding steroid dienone is 2. The Morgan fingerprint density at radius 3 is 2.62 bits per heavy atom. The van der Waals surface area contributed by atoms with Crippen molar-refractivity contribution < 1.29 is 22.7 Å². The molecular weight excluding hydrogens is 533 g/mol. The number of carbonyl (C=O) groups is 1. The van der Waals surface area contributed by atoms with E-state index >= 15 is 0 Å². The van der Waals surface area contributed by atoms with Gasteiger partial charge >= 0.3 is 6.18 Å². The molecule has 0 radical (unpaired) electrons. The van der Waals surface area contributed by atoms with Crippen LogP contribution in [0.25, 0.3) is 16.1 Å². The molecule has 0 N–H and O–H groups in total. The number of aryl methyl sites for hydroxylation is 1.